The summed E-state index contributed by atoms with van der Waals surface area (Å²) >= 11 is 3.38. The molecule has 0 bridgehead atoms. The fourth-order valence-electron chi connectivity index (χ4n) is 1.78. The van der Waals surface area contributed by atoms with Crippen LogP contribution in [0.1, 0.15) is 5.56 Å². The third kappa shape index (κ3) is 3.06. The smallest absolute Gasteiger partial charge is 0.0461 e. The monoisotopic (exact) mass is 302 g/mol. The van der Waals surface area contributed by atoms with Gasteiger partial charge in [0.2, 0.25) is 0 Å². The van der Waals surface area contributed by atoms with Crippen molar-refractivity contribution in [2.75, 3.05) is 30.3 Å². The number of nitrogen functional groups attached to an aromatic ring is 1. The quantitative estimate of drug-likeness (QED) is 0.844. The van der Waals surface area contributed by atoms with Crippen molar-refractivity contribution in [3.63, 3.8) is 0 Å². The molecule has 0 aromatic heterocycles. The first-order chi connectivity index (χ1) is 7.65. The van der Waals surface area contributed by atoms with Crippen LogP contribution in [0.25, 0.3) is 0 Å². The number of nitrogens with zero attached hydrogens (tertiary/aromatic N) is 1. The van der Waals surface area contributed by atoms with Gasteiger partial charge >= 0.3 is 0 Å². The van der Waals surface area contributed by atoms with Crippen LogP contribution in [0.3, 0.4) is 0 Å². The van der Waals surface area contributed by atoms with Gasteiger partial charge in [-0.1, -0.05) is 6.07 Å². The second-order valence-corrected chi connectivity index (χ2v) is 6.53. The van der Waals surface area contributed by atoms with E-state index in [1.165, 1.54) is 5.56 Å². The second-order valence-electron chi connectivity index (χ2n) is 3.98. The second kappa shape index (κ2) is 5.29. The first kappa shape index (κ1) is 12.1. The molecule has 0 saturated carbocycles. The standard InChI is InChI=1S/C11H15BrN2OS/c12-10-2-1-9(7-11(10)13)8-14-3-5-16(15)6-4-14/h1-2,7H,3-6,8,13H2. The fraction of sp³-hybridized carbons (Fsp3) is 0.455. The number of anilines is 1. The third-order valence-corrected chi connectivity index (χ3v) is 4.73. The molecule has 1 aromatic rings. The summed E-state index contributed by atoms with van der Waals surface area (Å²) in [6, 6.07) is 6.05. The van der Waals surface area contributed by atoms with Crippen molar-refractivity contribution in [2.24, 2.45) is 0 Å². The summed E-state index contributed by atoms with van der Waals surface area (Å²) in [6.45, 7) is 2.74. The van der Waals surface area contributed by atoms with E-state index in [9.17, 15) is 4.21 Å². The van der Waals surface area contributed by atoms with Crippen molar-refractivity contribution in [1.29, 1.82) is 0 Å². The molecule has 0 unspecified atom stereocenters. The minimum Gasteiger partial charge on any atom is -0.398 e. The molecule has 88 valence electrons. The summed E-state index contributed by atoms with van der Waals surface area (Å²) in [6.07, 6.45) is 0. The van der Waals surface area contributed by atoms with E-state index < -0.39 is 10.8 Å². The molecule has 1 aliphatic rings. The van der Waals surface area contributed by atoms with Crippen molar-refractivity contribution >= 4 is 32.4 Å². The maximum absolute atomic E-state index is 11.2. The lowest BCUT2D eigenvalue weighted by Crippen LogP contribution is -2.37. The van der Waals surface area contributed by atoms with Gasteiger partial charge < -0.3 is 5.73 Å². The molecule has 3 nitrogen and oxygen atoms in total. The number of halogens is 1. The highest BCUT2D eigenvalue weighted by molar-refractivity contribution is 9.10. The highest BCUT2D eigenvalue weighted by Gasteiger charge is 2.15. The fourth-order valence-corrected chi connectivity index (χ4v) is 3.16. The molecule has 1 aromatic carbocycles. The van der Waals surface area contributed by atoms with Crippen LogP contribution in [-0.2, 0) is 17.3 Å². The molecule has 1 aliphatic heterocycles. The Hall–Kier alpha value is -0.390. The van der Waals surface area contributed by atoms with E-state index in [0.717, 1.165) is 41.3 Å². The summed E-state index contributed by atoms with van der Waals surface area (Å²) in [4.78, 5) is 2.32. The van der Waals surface area contributed by atoms with Crippen molar-refractivity contribution < 1.29 is 4.21 Å². The van der Waals surface area contributed by atoms with Crippen LogP contribution >= 0.6 is 15.9 Å². The molecule has 0 atom stereocenters. The molecular weight excluding hydrogens is 288 g/mol. The topological polar surface area (TPSA) is 46.3 Å². The average molecular weight is 303 g/mol. The number of benzene rings is 1. The van der Waals surface area contributed by atoms with Crippen LogP contribution in [-0.4, -0.2) is 33.7 Å². The van der Waals surface area contributed by atoms with Crippen molar-refractivity contribution in [3.05, 3.63) is 28.2 Å². The molecule has 0 radical (unpaired) electrons. The first-order valence-corrected chi connectivity index (χ1v) is 7.54. The van der Waals surface area contributed by atoms with Crippen LogP contribution in [0, 0.1) is 0 Å². The van der Waals surface area contributed by atoms with E-state index in [2.05, 4.69) is 26.9 Å². The molecule has 2 N–H and O–H groups in total. The van der Waals surface area contributed by atoms with E-state index in [4.69, 9.17) is 5.73 Å². The predicted molar refractivity (Wildman–Crippen MR) is 71.7 cm³/mol. The van der Waals surface area contributed by atoms with Gasteiger partial charge in [0, 0.05) is 52.1 Å². The minimum absolute atomic E-state index is 0.601. The van der Waals surface area contributed by atoms with E-state index in [0.29, 0.717) is 0 Å². The van der Waals surface area contributed by atoms with Crippen LogP contribution in [0.15, 0.2) is 22.7 Å². The molecule has 1 fully saturated rings. The Bertz CT molecular complexity index is 401. The third-order valence-electron chi connectivity index (χ3n) is 2.74. The predicted octanol–water partition coefficient (Wildman–Crippen LogP) is 1.60. The Morgan fingerprint density at radius 3 is 2.69 bits per heavy atom. The lowest BCUT2D eigenvalue weighted by atomic mass is 10.2. The van der Waals surface area contributed by atoms with Gasteiger partial charge in [0.15, 0.2) is 0 Å². The first-order valence-electron chi connectivity index (χ1n) is 5.26. The van der Waals surface area contributed by atoms with E-state index in [-0.39, 0.29) is 0 Å². The Kier molecular flexibility index (Phi) is 4.00. The lowest BCUT2D eigenvalue weighted by molar-refractivity contribution is 0.291. The number of rotatable bonds is 2. The maximum atomic E-state index is 11.2. The van der Waals surface area contributed by atoms with Gasteiger partial charge in [-0.25, -0.2) is 0 Å². The molecule has 16 heavy (non-hydrogen) atoms. The molecule has 2 rings (SSSR count). The summed E-state index contributed by atoms with van der Waals surface area (Å²) in [5, 5.41) is 0. The molecule has 1 heterocycles. The highest BCUT2D eigenvalue weighted by Crippen LogP contribution is 2.21. The largest absolute Gasteiger partial charge is 0.398 e. The summed E-state index contributed by atoms with van der Waals surface area (Å²) in [5.41, 5.74) is 7.83. The van der Waals surface area contributed by atoms with Crippen LogP contribution in [0.5, 0.6) is 0 Å². The Morgan fingerprint density at radius 2 is 2.06 bits per heavy atom. The van der Waals surface area contributed by atoms with Gasteiger partial charge in [0.25, 0.3) is 0 Å². The Morgan fingerprint density at radius 1 is 1.38 bits per heavy atom. The van der Waals surface area contributed by atoms with Crippen molar-refractivity contribution in [2.45, 2.75) is 6.54 Å². The van der Waals surface area contributed by atoms with Crippen LogP contribution in [0.2, 0.25) is 0 Å². The molecule has 0 amide bonds. The zero-order valence-electron chi connectivity index (χ0n) is 8.99. The molecule has 5 heteroatoms. The lowest BCUT2D eigenvalue weighted by Gasteiger charge is -2.26. The maximum Gasteiger partial charge on any atom is 0.0461 e. The molecule has 1 saturated heterocycles. The Balaban J connectivity index is 1.98. The SMILES string of the molecule is Nc1cc(CN2CCS(=O)CC2)ccc1Br. The number of hydrogen-bond donors (Lipinski definition) is 1. The van der Waals surface area contributed by atoms with Gasteiger partial charge in [-0.2, -0.15) is 0 Å². The zero-order chi connectivity index (χ0) is 11.5. The normalized spacial score (nSPS) is 18.8. The Labute approximate surface area is 107 Å². The van der Waals surface area contributed by atoms with Crippen LogP contribution < -0.4 is 5.73 Å². The van der Waals surface area contributed by atoms with Crippen LogP contribution in [0.4, 0.5) is 5.69 Å². The number of hydrogen-bond acceptors (Lipinski definition) is 3. The molecule has 0 aliphatic carbocycles. The zero-order valence-corrected chi connectivity index (χ0v) is 11.4. The van der Waals surface area contributed by atoms with Gasteiger partial charge in [0.1, 0.15) is 0 Å². The molecular formula is C11H15BrN2OS. The average Bonchev–Trinajstić information content (AvgIpc) is 2.27. The van der Waals surface area contributed by atoms with Crippen molar-refractivity contribution in [1.82, 2.24) is 4.90 Å². The van der Waals surface area contributed by atoms with Gasteiger partial charge in [0.05, 0.1) is 0 Å². The highest BCUT2D eigenvalue weighted by atomic mass is 79.9. The summed E-state index contributed by atoms with van der Waals surface area (Å²) in [5.74, 6) is 1.60. The van der Waals surface area contributed by atoms with Gasteiger partial charge in [-0.3, -0.25) is 9.11 Å². The summed E-state index contributed by atoms with van der Waals surface area (Å²) < 4.78 is 12.2. The minimum atomic E-state index is -0.601. The molecule has 0 spiro atoms. The van der Waals surface area contributed by atoms with Crippen molar-refractivity contribution in [3.8, 4) is 0 Å². The van der Waals surface area contributed by atoms with Gasteiger partial charge in [-0.15, -0.1) is 0 Å². The van der Waals surface area contributed by atoms with E-state index >= 15 is 0 Å². The van der Waals surface area contributed by atoms with E-state index in [1.54, 1.807) is 0 Å². The van der Waals surface area contributed by atoms with E-state index in [1.807, 2.05) is 12.1 Å². The number of nitrogens with two attached hydrogens (primary N) is 1. The van der Waals surface area contributed by atoms with Gasteiger partial charge in [-0.05, 0) is 33.6 Å². The summed E-state index contributed by atoms with van der Waals surface area (Å²) in [7, 11) is -0.601.